The van der Waals surface area contributed by atoms with E-state index in [1.54, 1.807) is 14.0 Å². The number of amides is 1. The van der Waals surface area contributed by atoms with Gasteiger partial charge in [0.25, 0.3) is 5.91 Å². The van der Waals surface area contributed by atoms with Crippen LogP contribution in [-0.2, 0) is 4.79 Å². The van der Waals surface area contributed by atoms with Crippen molar-refractivity contribution in [2.24, 2.45) is 0 Å². The second kappa shape index (κ2) is 8.08. The normalized spacial score (nSPS) is 15.5. The Morgan fingerprint density at radius 1 is 0.962 bits per heavy atom. The molecule has 0 N–H and O–H groups in total. The molecule has 6 heteroatoms. The molecule has 1 heterocycles. The fourth-order valence-corrected chi connectivity index (χ4v) is 3.00. The van der Waals surface area contributed by atoms with Crippen LogP contribution in [0.1, 0.15) is 6.92 Å². The largest absolute Gasteiger partial charge is 0.497 e. The quantitative estimate of drug-likeness (QED) is 0.824. The molecule has 1 saturated heterocycles. The van der Waals surface area contributed by atoms with Gasteiger partial charge in [-0.05, 0) is 55.5 Å². The van der Waals surface area contributed by atoms with Gasteiger partial charge >= 0.3 is 0 Å². The van der Waals surface area contributed by atoms with E-state index in [2.05, 4.69) is 4.90 Å². The maximum absolute atomic E-state index is 13.0. The summed E-state index contributed by atoms with van der Waals surface area (Å²) in [6.45, 7) is 4.54. The van der Waals surface area contributed by atoms with Gasteiger partial charge in [0, 0.05) is 31.9 Å². The van der Waals surface area contributed by atoms with Gasteiger partial charge in [-0.25, -0.2) is 4.39 Å². The Hall–Kier alpha value is -2.76. The van der Waals surface area contributed by atoms with Crippen LogP contribution in [0.4, 0.5) is 10.1 Å². The first-order valence-electron chi connectivity index (χ1n) is 8.67. The fraction of sp³-hybridized carbons (Fsp3) is 0.350. The first kappa shape index (κ1) is 18.0. The summed E-state index contributed by atoms with van der Waals surface area (Å²) in [5.74, 6) is 0.938. The summed E-state index contributed by atoms with van der Waals surface area (Å²) >= 11 is 0. The SMILES string of the molecule is COc1ccc(N2CCN(C(=O)[C@@H](C)Oc3ccc(F)cc3)CC2)cc1. The number of benzene rings is 2. The highest BCUT2D eigenvalue weighted by Crippen LogP contribution is 2.21. The van der Waals surface area contributed by atoms with E-state index in [0.29, 0.717) is 18.8 Å². The monoisotopic (exact) mass is 358 g/mol. The van der Waals surface area contributed by atoms with Crippen molar-refractivity contribution in [3.05, 3.63) is 54.3 Å². The van der Waals surface area contributed by atoms with E-state index in [4.69, 9.17) is 9.47 Å². The van der Waals surface area contributed by atoms with E-state index in [1.807, 2.05) is 29.2 Å². The summed E-state index contributed by atoms with van der Waals surface area (Å²) in [7, 11) is 1.65. The summed E-state index contributed by atoms with van der Waals surface area (Å²) in [5.41, 5.74) is 1.12. The van der Waals surface area contributed by atoms with Crippen molar-refractivity contribution in [3.63, 3.8) is 0 Å². The van der Waals surface area contributed by atoms with Crippen LogP contribution in [0.5, 0.6) is 11.5 Å². The minimum atomic E-state index is -0.604. The van der Waals surface area contributed by atoms with E-state index in [-0.39, 0.29) is 11.7 Å². The van der Waals surface area contributed by atoms with Gasteiger partial charge in [-0.2, -0.15) is 0 Å². The summed E-state index contributed by atoms with van der Waals surface area (Å²) in [6.07, 6.45) is -0.604. The number of nitrogens with zero attached hydrogens (tertiary/aromatic N) is 2. The van der Waals surface area contributed by atoms with Crippen LogP contribution in [0, 0.1) is 5.82 Å². The number of anilines is 1. The molecule has 1 amide bonds. The van der Waals surface area contributed by atoms with Gasteiger partial charge < -0.3 is 19.3 Å². The molecule has 138 valence electrons. The molecule has 1 fully saturated rings. The van der Waals surface area contributed by atoms with Crippen LogP contribution < -0.4 is 14.4 Å². The highest BCUT2D eigenvalue weighted by molar-refractivity contribution is 5.81. The third-order valence-corrected chi connectivity index (χ3v) is 4.50. The lowest BCUT2D eigenvalue weighted by Gasteiger charge is -2.37. The molecular weight excluding hydrogens is 335 g/mol. The maximum Gasteiger partial charge on any atom is 0.263 e. The van der Waals surface area contributed by atoms with Gasteiger partial charge in [0.05, 0.1) is 7.11 Å². The zero-order valence-electron chi connectivity index (χ0n) is 15.0. The summed E-state index contributed by atoms with van der Waals surface area (Å²) in [6, 6.07) is 13.6. The van der Waals surface area contributed by atoms with E-state index in [9.17, 15) is 9.18 Å². The number of ether oxygens (including phenoxy) is 2. The lowest BCUT2D eigenvalue weighted by atomic mass is 10.2. The third kappa shape index (κ3) is 4.25. The van der Waals surface area contributed by atoms with E-state index in [1.165, 1.54) is 24.3 Å². The molecule has 1 aliphatic rings. The molecule has 1 atom stereocenters. The number of carbonyl (C=O) groups excluding carboxylic acids is 1. The lowest BCUT2D eigenvalue weighted by molar-refractivity contribution is -0.138. The van der Waals surface area contributed by atoms with Crippen molar-refractivity contribution in [2.45, 2.75) is 13.0 Å². The van der Waals surface area contributed by atoms with Crippen molar-refractivity contribution in [3.8, 4) is 11.5 Å². The second-order valence-electron chi connectivity index (χ2n) is 6.22. The Morgan fingerprint density at radius 2 is 1.54 bits per heavy atom. The van der Waals surface area contributed by atoms with Crippen LogP contribution in [0.3, 0.4) is 0 Å². The number of halogens is 1. The summed E-state index contributed by atoms with van der Waals surface area (Å²) < 4.78 is 23.8. The molecule has 0 radical (unpaired) electrons. The van der Waals surface area contributed by atoms with Crippen LogP contribution in [0.25, 0.3) is 0 Å². The van der Waals surface area contributed by atoms with Crippen molar-refractivity contribution >= 4 is 11.6 Å². The Labute approximate surface area is 152 Å². The van der Waals surface area contributed by atoms with Crippen molar-refractivity contribution in [1.29, 1.82) is 0 Å². The number of hydrogen-bond acceptors (Lipinski definition) is 4. The average Bonchev–Trinajstić information content (AvgIpc) is 2.69. The number of rotatable bonds is 5. The van der Waals surface area contributed by atoms with Gasteiger partial charge in [0.15, 0.2) is 6.10 Å². The average molecular weight is 358 g/mol. The smallest absolute Gasteiger partial charge is 0.263 e. The highest BCUT2D eigenvalue weighted by Gasteiger charge is 2.26. The molecule has 1 aliphatic heterocycles. The molecule has 0 bridgehead atoms. The van der Waals surface area contributed by atoms with Crippen molar-refractivity contribution < 1.29 is 18.7 Å². The summed E-state index contributed by atoms with van der Waals surface area (Å²) in [4.78, 5) is 16.6. The van der Waals surface area contributed by atoms with Crippen LogP contribution in [0.15, 0.2) is 48.5 Å². The van der Waals surface area contributed by atoms with E-state index >= 15 is 0 Å². The number of carbonyl (C=O) groups is 1. The molecule has 0 aliphatic carbocycles. The van der Waals surface area contributed by atoms with Crippen molar-refractivity contribution in [1.82, 2.24) is 4.90 Å². The molecule has 2 aromatic rings. The van der Waals surface area contributed by atoms with Crippen molar-refractivity contribution in [2.75, 3.05) is 38.2 Å². The zero-order valence-corrected chi connectivity index (χ0v) is 15.0. The lowest BCUT2D eigenvalue weighted by Crippen LogP contribution is -2.52. The van der Waals surface area contributed by atoms with Gasteiger partial charge in [0.1, 0.15) is 17.3 Å². The Kier molecular flexibility index (Phi) is 5.61. The highest BCUT2D eigenvalue weighted by atomic mass is 19.1. The Bertz CT molecular complexity index is 726. The van der Waals surface area contributed by atoms with Gasteiger partial charge in [-0.15, -0.1) is 0 Å². The maximum atomic E-state index is 13.0. The molecule has 3 rings (SSSR count). The number of methoxy groups -OCH3 is 1. The van der Waals surface area contributed by atoms with E-state index in [0.717, 1.165) is 24.5 Å². The van der Waals surface area contributed by atoms with Crippen LogP contribution >= 0.6 is 0 Å². The predicted octanol–water partition coefficient (Wildman–Crippen LogP) is 2.95. The second-order valence-corrected chi connectivity index (χ2v) is 6.22. The minimum absolute atomic E-state index is 0.0521. The molecule has 2 aromatic carbocycles. The minimum Gasteiger partial charge on any atom is -0.497 e. The topological polar surface area (TPSA) is 42.0 Å². The van der Waals surface area contributed by atoms with Gasteiger partial charge in [-0.1, -0.05) is 0 Å². The standard InChI is InChI=1S/C20H23FN2O3/c1-15(26-19-7-3-16(21)4-8-19)20(24)23-13-11-22(12-14-23)17-5-9-18(25-2)10-6-17/h3-10,15H,11-14H2,1-2H3/t15-/m1/s1. The molecule has 0 aromatic heterocycles. The Morgan fingerprint density at radius 3 is 2.12 bits per heavy atom. The van der Waals surface area contributed by atoms with Gasteiger partial charge in [0.2, 0.25) is 0 Å². The molecule has 26 heavy (non-hydrogen) atoms. The third-order valence-electron chi connectivity index (χ3n) is 4.50. The Balaban J connectivity index is 1.53. The summed E-state index contributed by atoms with van der Waals surface area (Å²) in [5, 5.41) is 0. The van der Waals surface area contributed by atoms with Crippen LogP contribution in [-0.4, -0.2) is 50.2 Å². The first-order chi connectivity index (χ1) is 12.6. The first-order valence-corrected chi connectivity index (χ1v) is 8.67. The molecule has 0 unspecified atom stereocenters. The predicted molar refractivity (Wildman–Crippen MR) is 98.3 cm³/mol. The molecular formula is C20H23FN2O3. The zero-order chi connectivity index (χ0) is 18.5. The van der Waals surface area contributed by atoms with Gasteiger partial charge in [-0.3, -0.25) is 4.79 Å². The van der Waals surface area contributed by atoms with Crippen LogP contribution in [0.2, 0.25) is 0 Å². The number of hydrogen-bond donors (Lipinski definition) is 0. The molecule has 0 spiro atoms. The molecule has 0 saturated carbocycles. The fourth-order valence-electron chi connectivity index (χ4n) is 3.00. The van der Waals surface area contributed by atoms with E-state index < -0.39 is 6.10 Å². The number of piperazine rings is 1. The molecule has 5 nitrogen and oxygen atoms in total.